The number of carbonyl (C=O) groups is 1. The van der Waals surface area contributed by atoms with E-state index in [0.717, 1.165) is 51.6 Å². The fourth-order valence-corrected chi connectivity index (χ4v) is 3.29. The van der Waals surface area contributed by atoms with Crippen LogP contribution in [-0.2, 0) is 9.53 Å². The van der Waals surface area contributed by atoms with Crippen LogP contribution in [0.5, 0.6) is 0 Å². The van der Waals surface area contributed by atoms with Gasteiger partial charge in [0.25, 0.3) is 0 Å². The molecule has 2 unspecified atom stereocenters. The van der Waals surface area contributed by atoms with Gasteiger partial charge in [0, 0.05) is 7.11 Å². The van der Waals surface area contributed by atoms with E-state index in [1.54, 1.807) is 7.11 Å². The monoisotopic (exact) mass is 227 g/mol. The quantitative estimate of drug-likeness (QED) is 0.793. The van der Waals surface area contributed by atoms with E-state index in [2.05, 4.69) is 4.90 Å². The molecule has 0 radical (unpaired) electrons. The molecule has 4 heteroatoms. The van der Waals surface area contributed by atoms with Gasteiger partial charge in [0.2, 0.25) is 0 Å². The van der Waals surface area contributed by atoms with Gasteiger partial charge in [-0.15, -0.1) is 0 Å². The van der Waals surface area contributed by atoms with Crippen molar-refractivity contribution < 1.29 is 14.6 Å². The van der Waals surface area contributed by atoms with Crippen molar-refractivity contribution in [2.24, 2.45) is 0 Å². The Morgan fingerprint density at radius 1 is 1.31 bits per heavy atom. The fourth-order valence-electron chi connectivity index (χ4n) is 3.29. The van der Waals surface area contributed by atoms with Crippen LogP contribution in [0.1, 0.15) is 38.5 Å². The summed E-state index contributed by atoms with van der Waals surface area (Å²) in [6.45, 7) is 1.82. The first-order valence-electron chi connectivity index (χ1n) is 6.23. The average molecular weight is 227 g/mol. The minimum atomic E-state index is -0.747. The third-order valence-corrected chi connectivity index (χ3v) is 4.13. The smallest absolute Gasteiger partial charge is 0.326 e. The van der Waals surface area contributed by atoms with Crippen molar-refractivity contribution in [2.75, 3.05) is 20.2 Å². The number of methoxy groups -OCH3 is 1. The molecule has 0 bridgehead atoms. The Kier molecular flexibility index (Phi) is 3.50. The predicted octanol–water partition coefficient (Wildman–Crippen LogP) is 1.49. The highest BCUT2D eigenvalue weighted by atomic mass is 16.5. The molecule has 92 valence electrons. The molecule has 4 nitrogen and oxygen atoms in total. The third kappa shape index (κ3) is 1.74. The molecule has 1 saturated heterocycles. The molecule has 0 aromatic rings. The zero-order chi connectivity index (χ0) is 11.6. The Morgan fingerprint density at radius 2 is 2.00 bits per heavy atom. The van der Waals surface area contributed by atoms with Crippen LogP contribution in [0.4, 0.5) is 0 Å². The minimum absolute atomic E-state index is 0.142. The van der Waals surface area contributed by atoms with E-state index in [0.29, 0.717) is 0 Å². The maximum absolute atomic E-state index is 11.7. The molecule has 0 amide bonds. The number of aliphatic carboxylic acids is 1. The lowest BCUT2D eigenvalue weighted by atomic mass is 9.77. The maximum atomic E-state index is 11.7. The lowest BCUT2D eigenvalue weighted by Gasteiger charge is -2.45. The molecule has 0 spiro atoms. The molecule has 1 N–H and O–H groups in total. The van der Waals surface area contributed by atoms with Crippen LogP contribution in [-0.4, -0.2) is 47.8 Å². The highest BCUT2D eigenvalue weighted by molar-refractivity contribution is 5.80. The van der Waals surface area contributed by atoms with E-state index < -0.39 is 11.5 Å². The van der Waals surface area contributed by atoms with Gasteiger partial charge in [-0.05, 0) is 38.8 Å². The zero-order valence-electron chi connectivity index (χ0n) is 9.95. The Morgan fingerprint density at radius 3 is 2.56 bits per heavy atom. The molecule has 2 rings (SSSR count). The van der Waals surface area contributed by atoms with Gasteiger partial charge in [-0.2, -0.15) is 0 Å². The number of rotatable bonds is 3. The summed E-state index contributed by atoms with van der Waals surface area (Å²) in [4.78, 5) is 13.9. The highest BCUT2D eigenvalue weighted by Crippen LogP contribution is 2.37. The highest BCUT2D eigenvalue weighted by Gasteiger charge is 2.52. The number of nitrogens with zero attached hydrogens (tertiary/aromatic N) is 1. The van der Waals surface area contributed by atoms with Gasteiger partial charge in [0.15, 0.2) is 0 Å². The van der Waals surface area contributed by atoms with E-state index in [4.69, 9.17) is 4.74 Å². The Labute approximate surface area is 96.6 Å². The molecule has 1 heterocycles. The van der Waals surface area contributed by atoms with Gasteiger partial charge >= 0.3 is 5.97 Å². The number of ether oxygens (including phenoxy) is 1. The van der Waals surface area contributed by atoms with Crippen molar-refractivity contribution in [1.82, 2.24) is 4.90 Å². The maximum Gasteiger partial charge on any atom is 0.326 e. The number of carboxylic acids is 1. The predicted molar refractivity (Wildman–Crippen MR) is 60.4 cm³/mol. The van der Waals surface area contributed by atoms with Crippen molar-refractivity contribution in [1.29, 1.82) is 0 Å². The molecule has 2 fully saturated rings. The number of likely N-dealkylation sites (tertiary alicyclic amines) is 1. The SMILES string of the molecule is COC1CCCCC1(C(=O)O)N1CCCC1. The van der Waals surface area contributed by atoms with Crippen LogP contribution in [0.15, 0.2) is 0 Å². The molecule has 2 atom stereocenters. The van der Waals surface area contributed by atoms with Gasteiger partial charge in [0.05, 0.1) is 6.10 Å². The van der Waals surface area contributed by atoms with E-state index in [1.807, 2.05) is 0 Å². The summed E-state index contributed by atoms with van der Waals surface area (Å²) >= 11 is 0. The molecule has 0 aromatic heterocycles. The minimum Gasteiger partial charge on any atom is -0.480 e. The summed E-state index contributed by atoms with van der Waals surface area (Å²) in [5, 5.41) is 9.63. The molecule has 0 aromatic carbocycles. The van der Waals surface area contributed by atoms with E-state index in [1.165, 1.54) is 0 Å². The van der Waals surface area contributed by atoms with Crippen LogP contribution in [0.25, 0.3) is 0 Å². The second-order valence-electron chi connectivity index (χ2n) is 4.89. The first-order chi connectivity index (χ1) is 7.71. The summed E-state index contributed by atoms with van der Waals surface area (Å²) in [6, 6.07) is 0. The van der Waals surface area contributed by atoms with Crippen LogP contribution in [0.2, 0.25) is 0 Å². The average Bonchev–Trinajstić information content (AvgIpc) is 2.82. The number of hydrogen-bond donors (Lipinski definition) is 1. The molecule has 2 aliphatic rings. The summed E-state index contributed by atoms with van der Waals surface area (Å²) in [5.41, 5.74) is -0.747. The lowest BCUT2D eigenvalue weighted by Crippen LogP contribution is -2.63. The van der Waals surface area contributed by atoms with Crippen molar-refractivity contribution in [3.63, 3.8) is 0 Å². The second kappa shape index (κ2) is 4.72. The van der Waals surface area contributed by atoms with Gasteiger partial charge < -0.3 is 9.84 Å². The van der Waals surface area contributed by atoms with Gasteiger partial charge in [-0.1, -0.05) is 12.8 Å². The summed E-state index contributed by atoms with van der Waals surface area (Å²) in [6.07, 6.45) is 5.79. The Balaban J connectivity index is 2.27. The topological polar surface area (TPSA) is 49.8 Å². The summed E-state index contributed by atoms with van der Waals surface area (Å²) in [5.74, 6) is -0.694. The molecule has 1 aliphatic carbocycles. The molecule has 1 saturated carbocycles. The molecule has 16 heavy (non-hydrogen) atoms. The Bertz CT molecular complexity index is 259. The van der Waals surface area contributed by atoms with Gasteiger partial charge in [-0.25, -0.2) is 0 Å². The third-order valence-electron chi connectivity index (χ3n) is 4.13. The molecular weight excluding hydrogens is 206 g/mol. The Hall–Kier alpha value is -0.610. The fraction of sp³-hybridized carbons (Fsp3) is 0.917. The standard InChI is InChI=1S/C12H21NO3/c1-16-10-6-2-3-7-12(10,11(14)15)13-8-4-5-9-13/h10H,2-9H2,1H3,(H,14,15). The van der Waals surface area contributed by atoms with Crippen LogP contribution in [0.3, 0.4) is 0 Å². The van der Waals surface area contributed by atoms with E-state index in [-0.39, 0.29) is 6.10 Å². The largest absolute Gasteiger partial charge is 0.480 e. The van der Waals surface area contributed by atoms with Gasteiger partial charge in [-0.3, -0.25) is 9.69 Å². The van der Waals surface area contributed by atoms with E-state index >= 15 is 0 Å². The summed E-state index contributed by atoms with van der Waals surface area (Å²) < 4.78 is 5.46. The molecular formula is C12H21NO3. The first-order valence-corrected chi connectivity index (χ1v) is 6.23. The number of carboxylic acid groups (broad SMARTS) is 1. The van der Waals surface area contributed by atoms with Crippen molar-refractivity contribution >= 4 is 5.97 Å². The zero-order valence-corrected chi connectivity index (χ0v) is 9.95. The van der Waals surface area contributed by atoms with Crippen molar-refractivity contribution in [2.45, 2.75) is 50.2 Å². The lowest BCUT2D eigenvalue weighted by molar-refractivity contribution is -0.166. The second-order valence-corrected chi connectivity index (χ2v) is 4.89. The summed E-state index contributed by atoms with van der Waals surface area (Å²) in [7, 11) is 1.64. The van der Waals surface area contributed by atoms with Crippen molar-refractivity contribution in [3.05, 3.63) is 0 Å². The van der Waals surface area contributed by atoms with Crippen LogP contribution < -0.4 is 0 Å². The van der Waals surface area contributed by atoms with Crippen molar-refractivity contribution in [3.8, 4) is 0 Å². The van der Waals surface area contributed by atoms with Crippen LogP contribution >= 0.6 is 0 Å². The van der Waals surface area contributed by atoms with E-state index in [9.17, 15) is 9.90 Å². The normalized spacial score (nSPS) is 36.4. The number of hydrogen-bond acceptors (Lipinski definition) is 3. The van der Waals surface area contributed by atoms with Crippen LogP contribution in [0, 0.1) is 0 Å². The van der Waals surface area contributed by atoms with Gasteiger partial charge in [0.1, 0.15) is 5.54 Å². The molecule has 1 aliphatic heterocycles. The first kappa shape index (κ1) is 11.9.